The van der Waals surface area contributed by atoms with E-state index in [1.165, 1.54) is 22.4 Å². The van der Waals surface area contributed by atoms with Crippen molar-refractivity contribution in [3.8, 4) is 22.3 Å². The smallest absolute Gasteiger partial charge is 0.369 e. The molecule has 1 N–H and O–H groups in total. The van der Waals surface area contributed by atoms with Gasteiger partial charge >= 0.3 is 6.18 Å². The molecule has 0 spiro atoms. The number of benzene rings is 4. The molecule has 0 unspecified atom stereocenters. The Balaban J connectivity index is 1.09. The highest BCUT2D eigenvalue weighted by Gasteiger charge is 2.49. The molecule has 0 atom stereocenters. The van der Waals surface area contributed by atoms with E-state index in [1.807, 2.05) is 48.5 Å². The first kappa shape index (κ1) is 29.9. The van der Waals surface area contributed by atoms with Crippen molar-refractivity contribution in [2.45, 2.75) is 37.8 Å². The average molecular weight is 598 g/mol. The molecule has 1 aliphatic heterocycles. The standard InChI is InChI=1S/C37H38F3N3O/c1-27-15-17-28(18-16-27)29-9-8-10-30(25-29)43-23-21-42(22-24-43)20-7-6-19-36(35(44)41-26-37(38,39)40)33-13-4-2-11-31(33)32-12-3-5-14-34(32)36/h2-5,8-18,25H,6-7,19-24,26H2,1H3,(H,41,44). The first-order valence-electron chi connectivity index (χ1n) is 15.4. The number of carbonyl (C=O) groups excluding carboxylic acids is 1. The third-order valence-corrected chi connectivity index (χ3v) is 9.15. The molecule has 6 rings (SSSR count). The third-order valence-electron chi connectivity index (χ3n) is 9.15. The maximum Gasteiger partial charge on any atom is 0.405 e. The van der Waals surface area contributed by atoms with E-state index in [0.717, 1.165) is 67.8 Å². The van der Waals surface area contributed by atoms with Gasteiger partial charge in [0.25, 0.3) is 0 Å². The van der Waals surface area contributed by atoms with Gasteiger partial charge in [-0.05, 0) is 71.8 Å². The lowest BCUT2D eigenvalue weighted by Gasteiger charge is -2.36. The van der Waals surface area contributed by atoms with Crippen molar-refractivity contribution in [1.82, 2.24) is 10.2 Å². The second kappa shape index (κ2) is 12.5. The number of fused-ring (bicyclic) bond motifs is 3. The Morgan fingerprint density at radius 2 is 1.41 bits per heavy atom. The molecular weight excluding hydrogens is 559 g/mol. The van der Waals surface area contributed by atoms with E-state index in [-0.39, 0.29) is 0 Å². The second-order valence-electron chi connectivity index (χ2n) is 12.0. The zero-order chi connectivity index (χ0) is 30.7. The van der Waals surface area contributed by atoms with Crippen LogP contribution in [0, 0.1) is 6.92 Å². The number of piperazine rings is 1. The highest BCUT2D eigenvalue weighted by atomic mass is 19.4. The summed E-state index contributed by atoms with van der Waals surface area (Å²) in [6, 6.07) is 32.6. The molecule has 1 fully saturated rings. The Morgan fingerprint density at radius 3 is 2.05 bits per heavy atom. The summed E-state index contributed by atoms with van der Waals surface area (Å²) >= 11 is 0. The lowest BCUT2D eigenvalue weighted by atomic mass is 9.73. The summed E-state index contributed by atoms with van der Waals surface area (Å²) in [5.74, 6) is -0.575. The van der Waals surface area contributed by atoms with Gasteiger partial charge in [-0.3, -0.25) is 9.69 Å². The molecule has 1 aliphatic carbocycles. The SMILES string of the molecule is Cc1ccc(-c2cccc(N3CCN(CCCCC4(C(=O)NCC(F)(F)F)c5ccccc5-c5ccccc54)CC3)c2)cc1. The number of carbonyl (C=O) groups is 1. The Morgan fingerprint density at radius 1 is 0.773 bits per heavy atom. The van der Waals surface area contributed by atoms with Crippen molar-refractivity contribution in [3.63, 3.8) is 0 Å². The van der Waals surface area contributed by atoms with Crippen LogP contribution in [0.15, 0.2) is 97.1 Å². The number of nitrogens with zero attached hydrogens (tertiary/aromatic N) is 2. The number of alkyl halides is 3. The predicted octanol–water partition coefficient (Wildman–Crippen LogP) is 7.60. The Bertz CT molecular complexity index is 1560. The van der Waals surface area contributed by atoms with Crippen LogP contribution >= 0.6 is 0 Å². The first-order chi connectivity index (χ1) is 21.2. The summed E-state index contributed by atoms with van der Waals surface area (Å²) in [6.07, 6.45) is -2.43. The largest absolute Gasteiger partial charge is 0.405 e. The quantitative estimate of drug-likeness (QED) is 0.202. The number of anilines is 1. The molecule has 1 amide bonds. The fourth-order valence-corrected chi connectivity index (χ4v) is 6.87. The van der Waals surface area contributed by atoms with Crippen LogP contribution < -0.4 is 10.2 Å². The van der Waals surface area contributed by atoms with Gasteiger partial charge in [0, 0.05) is 31.9 Å². The lowest BCUT2D eigenvalue weighted by Crippen LogP contribution is -2.47. The normalized spacial score (nSPS) is 16.0. The molecule has 2 aliphatic rings. The van der Waals surface area contributed by atoms with E-state index in [2.05, 4.69) is 70.6 Å². The van der Waals surface area contributed by atoms with Crippen LogP contribution in [0.4, 0.5) is 18.9 Å². The fraction of sp³-hybridized carbons (Fsp3) is 0.324. The molecule has 4 aromatic carbocycles. The summed E-state index contributed by atoms with van der Waals surface area (Å²) < 4.78 is 39.5. The van der Waals surface area contributed by atoms with Gasteiger partial charge in [0.05, 0.1) is 0 Å². The average Bonchev–Trinajstić information content (AvgIpc) is 3.33. The van der Waals surface area contributed by atoms with Crippen LogP contribution in [0.5, 0.6) is 0 Å². The van der Waals surface area contributed by atoms with E-state index in [1.54, 1.807) is 0 Å². The van der Waals surface area contributed by atoms with Crippen LogP contribution in [0.25, 0.3) is 22.3 Å². The number of halogens is 3. The number of nitrogens with one attached hydrogen (secondary N) is 1. The van der Waals surface area contributed by atoms with Gasteiger partial charge in [0.2, 0.25) is 5.91 Å². The summed E-state index contributed by atoms with van der Waals surface area (Å²) in [5.41, 5.74) is 7.21. The molecule has 4 nitrogen and oxygen atoms in total. The highest BCUT2D eigenvalue weighted by Crippen LogP contribution is 2.51. The van der Waals surface area contributed by atoms with Gasteiger partial charge in [0.1, 0.15) is 12.0 Å². The number of unbranched alkanes of at least 4 members (excludes halogenated alkanes) is 1. The third kappa shape index (κ3) is 6.11. The van der Waals surface area contributed by atoms with Gasteiger partial charge in [-0.2, -0.15) is 13.2 Å². The molecular formula is C37H38F3N3O. The monoisotopic (exact) mass is 597 g/mol. The van der Waals surface area contributed by atoms with Gasteiger partial charge in [0.15, 0.2) is 0 Å². The summed E-state index contributed by atoms with van der Waals surface area (Å²) in [4.78, 5) is 18.6. The number of hydrogen-bond acceptors (Lipinski definition) is 3. The first-order valence-corrected chi connectivity index (χ1v) is 15.4. The van der Waals surface area contributed by atoms with Crippen molar-refractivity contribution in [3.05, 3.63) is 114 Å². The van der Waals surface area contributed by atoms with E-state index in [0.29, 0.717) is 6.42 Å². The van der Waals surface area contributed by atoms with E-state index in [4.69, 9.17) is 0 Å². The summed E-state index contributed by atoms with van der Waals surface area (Å²) in [6.45, 7) is 5.40. The van der Waals surface area contributed by atoms with Crippen molar-refractivity contribution in [2.24, 2.45) is 0 Å². The molecule has 0 saturated carbocycles. The molecule has 7 heteroatoms. The van der Waals surface area contributed by atoms with Crippen LogP contribution in [0.2, 0.25) is 0 Å². The minimum absolute atomic E-state index is 0.455. The summed E-state index contributed by atoms with van der Waals surface area (Å²) in [7, 11) is 0. The van der Waals surface area contributed by atoms with E-state index >= 15 is 0 Å². The number of aryl methyl sites for hydroxylation is 1. The maximum atomic E-state index is 13.7. The Kier molecular flexibility index (Phi) is 8.50. The minimum atomic E-state index is -4.47. The number of hydrogen-bond donors (Lipinski definition) is 1. The Hall–Kier alpha value is -4.10. The zero-order valence-electron chi connectivity index (χ0n) is 25.0. The van der Waals surface area contributed by atoms with E-state index < -0.39 is 24.0 Å². The van der Waals surface area contributed by atoms with Crippen LogP contribution in [-0.4, -0.2) is 56.3 Å². The van der Waals surface area contributed by atoms with Crippen molar-refractivity contribution >= 4 is 11.6 Å². The Labute approximate surface area is 257 Å². The highest BCUT2D eigenvalue weighted by molar-refractivity contribution is 6.00. The fourth-order valence-electron chi connectivity index (χ4n) is 6.87. The van der Waals surface area contributed by atoms with Crippen LogP contribution in [-0.2, 0) is 10.2 Å². The number of rotatable bonds is 9. The molecule has 0 bridgehead atoms. The van der Waals surface area contributed by atoms with Crippen molar-refractivity contribution < 1.29 is 18.0 Å². The number of amides is 1. The minimum Gasteiger partial charge on any atom is -0.369 e. The van der Waals surface area contributed by atoms with Gasteiger partial charge in [-0.25, -0.2) is 0 Å². The zero-order valence-corrected chi connectivity index (χ0v) is 25.0. The molecule has 1 saturated heterocycles. The van der Waals surface area contributed by atoms with Gasteiger partial charge < -0.3 is 10.2 Å². The topological polar surface area (TPSA) is 35.6 Å². The van der Waals surface area contributed by atoms with Gasteiger partial charge in [-0.1, -0.05) is 96.9 Å². The van der Waals surface area contributed by atoms with Crippen molar-refractivity contribution in [1.29, 1.82) is 0 Å². The molecule has 44 heavy (non-hydrogen) atoms. The lowest BCUT2D eigenvalue weighted by molar-refractivity contribution is -0.141. The predicted molar refractivity (Wildman–Crippen MR) is 171 cm³/mol. The molecule has 0 radical (unpaired) electrons. The van der Waals surface area contributed by atoms with Crippen molar-refractivity contribution in [2.75, 3.05) is 44.2 Å². The maximum absolute atomic E-state index is 13.7. The molecule has 1 heterocycles. The van der Waals surface area contributed by atoms with E-state index in [9.17, 15) is 18.0 Å². The molecule has 0 aromatic heterocycles. The second-order valence-corrected chi connectivity index (χ2v) is 12.0. The van der Waals surface area contributed by atoms with Gasteiger partial charge in [-0.15, -0.1) is 0 Å². The summed E-state index contributed by atoms with van der Waals surface area (Å²) in [5, 5.41) is 2.23. The van der Waals surface area contributed by atoms with Crippen LogP contribution in [0.1, 0.15) is 36.0 Å². The molecule has 4 aromatic rings. The molecule has 228 valence electrons. The van der Waals surface area contributed by atoms with Crippen LogP contribution in [0.3, 0.4) is 0 Å².